The maximum atomic E-state index is 4.33. The first-order chi connectivity index (χ1) is 5.65. The van der Waals surface area contributed by atoms with E-state index in [1.54, 1.807) is 0 Å². The zero-order valence-electron chi connectivity index (χ0n) is 7.50. The summed E-state index contributed by atoms with van der Waals surface area (Å²) < 4.78 is 0. The molecule has 0 aliphatic carbocycles. The summed E-state index contributed by atoms with van der Waals surface area (Å²) in [6, 6.07) is 0. The van der Waals surface area contributed by atoms with Gasteiger partial charge in [-0.3, -0.25) is 0 Å². The van der Waals surface area contributed by atoms with E-state index in [4.69, 9.17) is 0 Å². The largest absolute Gasteiger partial charge is 0.362 e. The van der Waals surface area contributed by atoms with Gasteiger partial charge in [-0.2, -0.15) is 0 Å². The van der Waals surface area contributed by atoms with Crippen molar-refractivity contribution in [2.24, 2.45) is 0 Å². The second kappa shape index (κ2) is 3.85. The minimum absolute atomic E-state index is 0.792. The lowest BCUT2D eigenvalue weighted by molar-refractivity contribution is 0.966. The molecule has 0 atom stereocenters. The predicted molar refractivity (Wildman–Crippen MR) is 53.7 cm³/mol. The molecule has 0 bridgehead atoms. The summed E-state index contributed by atoms with van der Waals surface area (Å²) >= 11 is 3.39. The van der Waals surface area contributed by atoms with Crippen LogP contribution in [0.5, 0.6) is 0 Å². The van der Waals surface area contributed by atoms with E-state index in [-0.39, 0.29) is 0 Å². The van der Waals surface area contributed by atoms with Crippen LogP contribution in [0.15, 0.2) is 6.20 Å². The molecular weight excluding hydrogens is 218 g/mol. The molecule has 1 aromatic heterocycles. The highest BCUT2D eigenvalue weighted by Gasteiger charge is 2.05. The number of rotatable bonds is 2. The number of nitrogens with zero attached hydrogens (tertiary/aromatic N) is 3. The molecule has 66 valence electrons. The van der Waals surface area contributed by atoms with Crippen LogP contribution in [0.3, 0.4) is 0 Å². The Morgan fingerprint density at radius 1 is 1.50 bits per heavy atom. The Kier molecular flexibility index (Phi) is 3.03. The Morgan fingerprint density at radius 2 is 2.17 bits per heavy atom. The molecule has 0 N–H and O–H groups in total. The van der Waals surface area contributed by atoms with E-state index in [1.165, 1.54) is 0 Å². The topological polar surface area (TPSA) is 29.0 Å². The predicted octanol–water partition coefficient (Wildman–Crippen LogP) is 1.75. The number of halogens is 1. The van der Waals surface area contributed by atoms with Crippen molar-refractivity contribution < 1.29 is 0 Å². The van der Waals surface area contributed by atoms with Crippen LogP contribution in [0.2, 0.25) is 0 Å². The van der Waals surface area contributed by atoms with Crippen molar-refractivity contribution in [2.45, 2.75) is 12.3 Å². The van der Waals surface area contributed by atoms with E-state index in [2.05, 4.69) is 25.9 Å². The van der Waals surface area contributed by atoms with Crippen molar-refractivity contribution >= 4 is 21.7 Å². The molecule has 0 unspecified atom stereocenters. The quantitative estimate of drug-likeness (QED) is 0.724. The number of hydrogen-bond donors (Lipinski definition) is 0. The normalized spacial score (nSPS) is 10.0. The summed E-state index contributed by atoms with van der Waals surface area (Å²) in [4.78, 5) is 10.4. The molecule has 1 rings (SSSR count). The summed E-state index contributed by atoms with van der Waals surface area (Å²) in [5.74, 6) is 1.79. The third-order valence-corrected chi connectivity index (χ3v) is 2.13. The molecule has 0 radical (unpaired) electrons. The van der Waals surface area contributed by atoms with Gasteiger partial charge in [0.2, 0.25) is 0 Å². The lowest BCUT2D eigenvalue weighted by Gasteiger charge is -2.14. The third-order valence-electron chi connectivity index (χ3n) is 1.53. The highest BCUT2D eigenvalue weighted by Crippen LogP contribution is 2.16. The molecular formula is C8H12BrN3. The fraction of sp³-hybridized carbons (Fsp3) is 0.500. The smallest absolute Gasteiger partial charge is 0.135 e. The van der Waals surface area contributed by atoms with Gasteiger partial charge in [0.15, 0.2) is 0 Å². The van der Waals surface area contributed by atoms with Gasteiger partial charge in [-0.1, -0.05) is 15.9 Å². The summed E-state index contributed by atoms with van der Waals surface area (Å²) in [6.45, 7) is 1.89. The van der Waals surface area contributed by atoms with Crippen molar-refractivity contribution in [1.82, 2.24) is 9.97 Å². The van der Waals surface area contributed by atoms with Crippen LogP contribution < -0.4 is 4.90 Å². The van der Waals surface area contributed by atoms with Crippen LogP contribution in [0, 0.1) is 6.92 Å². The van der Waals surface area contributed by atoms with E-state index in [9.17, 15) is 0 Å². The molecule has 0 aromatic carbocycles. The zero-order valence-corrected chi connectivity index (χ0v) is 9.09. The number of anilines is 1. The maximum absolute atomic E-state index is 4.33. The average Bonchev–Trinajstić information content (AvgIpc) is 2.04. The molecule has 0 saturated heterocycles. The Labute approximate surface area is 81.0 Å². The van der Waals surface area contributed by atoms with Gasteiger partial charge in [-0.05, 0) is 6.92 Å². The molecule has 1 heterocycles. The summed E-state index contributed by atoms with van der Waals surface area (Å²) in [5.41, 5.74) is 1.12. The molecule has 0 fully saturated rings. The van der Waals surface area contributed by atoms with E-state index < -0.39 is 0 Å². The monoisotopic (exact) mass is 229 g/mol. The second-order valence-corrected chi connectivity index (χ2v) is 3.35. The number of aryl methyl sites for hydroxylation is 1. The molecule has 0 spiro atoms. The molecule has 4 heteroatoms. The Morgan fingerprint density at radius 3 is 2.67 bits per heavy atom. The standard InChI is InChI=1S/C8H12BrN3/c1-6-10-5-7(4-9)8(11-6)12(2)3/h5H,4H2,1-3H3. The van der Waals surface area contributed by atoms with E-state index >= 15 is 0 Å². The Bertz CT molecular complexity index is 273. The molecule has 1 aromatic rings. The van der Waals surface area contributed by atoms with E-state index in [0.29, 0.717) is 0 Å². The van der Waals surface area contributed by atoms with E-state index in [0.717, 1.165) is 22.5 Å². The molecule has 0 aliphatic heterocycles. The van der Waals surface area contributed by atoms with Crippen LogP contribution in [0.1, 0.15) is 11.4 Å². The number of hydrogen-bond acceptors (Lipinski definition) is 3. The van der Waals surface area contributed by atoms with Crippen LogP contribution in [0.4, 0.5) is 5.82 Å². The van der Waals surface area contributed by atoms with Crippen molar-refractivity contribution in [2.75, 3.05) is 19.0 Å². The first-order valence-electron chi connectivity index (χ1n) is 3.71. The second-order valence-electron chi connectivity index (χ2n) is 2.79. The molecule has 0 amide bonds. The lowest BCUT2D eigenvalue weighted by atomic mass is 10.3. The lowest BCUT2D eigenvalue weighted by Crippen LogP contribution is -2.14. The number of aromatic nitrogens is 2. The molecule has 3 nitrogen and oxygen atoms in total. The van der Waals surface area contributed by atoms with Crippen molar-refractivity contribution in [3.63, 3.8) is 0 Å². The van der Waals surface area contributed by atoms with Gasteiger partial charge >= 0.3 is 0 Å². The SMILES string of the molecule is Cc1ncc(CBr)c(N(C)C)n1. The van der Waals surface area contributed by atoms with Gasteiger partial charge in [0.25, 0.3) is 0 Å². The Balaban J connectivity index is 3.12. The van der Waals surface area contributed by atoms with Crippen molar-refractivity contribution in [3.8, 4) is 0 Å². The van der Waals surface area contributed by atoms with Crippen LogP contribution in [0.25, 0.3) is 0 Å². The third kappa shape index (κ3) is 1.94. The van der Waals surface area contributed by atoms with Gasteiger partial charge < -0.3 is 4.90 Å². The first-order valence-corrected chi connectivity index (χ1v) is 4.83. The van der Waals surface area contributed by atoms with Crippen molar-refractivity contribution in [1.29, 1.82) is 0 Å². The fourth-order valence-corrected chi connectivity index (χ4v) is 1.36. The molecule has 0 aliphatic rings. The average molecular weight is 230 g/mol. The van der Waals surface area contributed by atoms with Crippen LogP contribution in [-0.4, -0.2) is 24.1 Å². The summed E-state index contributed by atoms with van der Waals surface area (Å²) in [6.07, 6.45) is 1.85. The van der Waals surface area contributed by atoms with Gasteiger partial charge in [0, 0.05) is 31.2 Å². The van der Waals surface area contributed by atoms with Crippen LogP contribution in [-0.2, 0) is 5.33 Å². The first kappa shape index (κ1) is 9.45. The van der Waals surface area contributed by atoms with Gasteiger partial charge in [0.05, 0.1) is 0 Å². The van der Waals surface area contributed by atoms with Gasteiger partial charge in [-0.25, -0.2) is 9.97 Å². The van der Waals surface area contributed by atoms with Gasteiger partial charge in [0.1, 0.15) is 11.6 Å². The zero-order chi connectivity index (χ0) is 9.14. The minimum atomic E-state index is 0.792. The summed E-state index contributed by atoms with van der Waals surface area (Å²) in [5, 5.41) is 0.792. The van der Waals surface area contributed by atoms with Crippen molar-refractivity contribution in [3.05, 3.63) is 17.6 Å². The van der Waals surface area contributed by atoms with E-state index in [1.807, 2.05) is 32.1 Å². The minimum Gasteiger partial charge on any atom is -0.362 e. The highest BCUT2D eigenvalue weighted by atomic mass is 79.9. The number of alkyl halides is 1. The molecule has 12 heavy (non-hydrogen) atoms. The Hall–Kier alpha value is -0.640. The summed E-state index contributed by atoms with van der Waals surface area (Å²) in [7, 11) is 3.96. The van der Waals surface area contributed by atoms with Crippen LogP contribution >= 0.6 is 15.9 Å². The fourth-order valence-electron chi connectivity index (χ4n) is 0.964. The molecule has 0 saturated carbocycles. The highest BCUT2D eigenvalue weighted by molar-refractivity contribution is 9.08. The maximum Gasteiger partial charge on any atom is 0.135 e. The van der Waals surface area contributed by atoms with Gasteiger partial charge in [-0.15, -0.1) is 0 Å².